The fraction of sp³-hybridized carbons (Fsp3) is 0.545. The van der Waals surface area contributed by atoms with Crippen LogP contribution in [0.4, 0.5) is 9.59 Å². The third-order valence-corrected chi connectivity index (χ3v) is 7.20. The van der Waals surface area contributed by atoms with Gasteiger partial charge in [-0.15, -0.1) is 22.7 Å². The summed E-state index contributed by atoms with van der Waals surface area (Å²) in [6.45, 7) is 1.30. The van der Waals surface area contributed by atoms with Gasteiger partial charge in [0.15, 0.2) is 0 Å². The lowest BCUT2D eigenvalue weighted by Crippen LogP contribution is -2.56. The lowest BCUT2D eigenvalue weighted by Gasteiger charge is -2.32. The van der Waals surface area contributed by atoms with E-state index in [4.69, 9.17) is 0 Å². The van der Waals surface area contributed by atoms with Crippen molar-refractivity contribution in [1.29, 1.82) is 0 Å². The number of carbonyl (C=O) groups is 2. The predicted octanol–water partition coefficient (Wildman–Crippen LogP) is 4.28. The smallest absolute Gasteiger partial charge is 0.315 e. The molecule has 2 heterocycles. The second kappa shape index (κ2) is 12.6. The molecule has 6 nitrogen and oxygen atoms in total. The molecule has 0 aromatic carbocycles. The average Bonchev–Trinajstić information content (AvgIpc) is 3.44. The number of rotatable bonds is 10. The van der Waals surface area contributed by atoms with Gasteiger partial charge in [0.1, 0.15) is 0 Å². The maximum Gasteiger partial charge on any atom is 0.315 e. The first kappa shape index (κ1) is 22.6. The molecule has 30 heavy (non-hydrogen) atoms. The third-order valence-electron chi connectivity index (χ3n) is 5.33. The molecule has 0 aliphatic heterocycles. The van der Waals surface area contributed by atoms with Crippen molar-refractivity contribution in [3.05, 3.63) is 44.8 Å². The number of nitrogens with one attached hydrogen (secondary N) is 4. The summed E-state index contributed by atoms with van der Waals surface area (Å²) >= 11 is 3.50. The molecule has 1 aliphatic carbocycles. The Balaban J connectivity index is 1.31. The molecule has 8 heteroatoms. The minimum absolute atomic E-state index is 0.0204. The molecule has 0 saturated heterocycles. The Morgan fingerprint density at radius 2 is 1.27 bits per heavy atom. The van der Waals surface area contributed by atoms with Crippen molar-refractivity contribution in [2.45, 2.75) is 63.5 Å². The maximum absolute atomic E-state index is 12.3. The van der Waals surface area contributed by atoms with Crippen LogP contribution in [0.3, 0.4) is 0 Å². The fourth-order valence-corrected chi connectivity index (χ4v) is 5.26. The van der Waals surface area contributed by atoms with E-state index < -0.39 is 0 Å². The third kappa shape index (κ3) is 7.99. The summed E-state index contributed by atoms with van der Waals surface area (Å²) in [6.07, 6.45) is 7.75. The molecule has 2 aromatic heterocycles. The molecule has 1 aliphatic rings. The first-order chi connectivity index (χ1) is 14.7. The van der Waals surface area contributed by atoms with Crippen LogP contribution in [-0.4, -0.2) is 37.2 Å². The van der Waals surface area contributed by atoms with Gasteiger partial charge in [0, 0.05) is 22.8 Å². The first-order valence-corrected chi connectivity index (χ1v) is 12.6. The van der Waals surface area contributed by atoms with Crippen LogP contribution in [0.5, 0.6) is 0 Å². The Morgan fingerprint density at radius 3 is 1.67 bits per heavy atom. The second-order valence-electron chi connectivity index (χ2n) is 7.66. The Bertz CT molecular complexity index is 685. The molecule has 3 rings (SSSR count). The van der Waals surface area contributed by atoms with Crippen molar-refractivity contribution in [2.75, 3.05) is 13.1 Å². The molecule has 1 saturated carbocycles. The number of urea groups is 2. The molecule has 0 bridgehead atoms. The number of thiophene rings is 2. The van der Waals surface area contributed by atoms with Gasteiger partial charge >= 0.3 is 12.1 Å². The van der Waals surface area contributed by atoms with Gasteiger partial charge in [-0.05, 0) is 61.4 Å². The molecule has 0 spiro atoms. The molecule has 1 fully saturated rings. The van der Waals surface area contributed by atoms with E-state index >= 15 is 0 Å². The molecule has 2 aromatic rings. The SMILES string of the molecule is O=C(NCCCc1cccs1)N[C@@H]1CCCC[C@H]1NC(=O)NCCCc1cccs1. The van der Waals surface area contributed by atoms with Crippen molar-refractivity contribution in [2.24, 2.45) is 0 Å². The van der Waals surface area contributed by atoms with Gasteiger partial charge in [0.05, 0.1) is 12.1 Å². The first-order valence-electron chi connectivity index (χ1n) is 10.8. The highest BCUT2D eigenvalue weighted by Gasteiger charge is 2.27. The summed E-state index contributed by atoms with van der Waals surface area (Å²) in [4.78, 5) is 27.2. The zero-order chi connectivity index (χ0) is 21.0. The molecule has 0 unspecified atom stereocenters. The second-order valence-corrected chi connectivity index (χ2v) is 9.73. The van der Waals surface area contributed by atoms with Gasteiger partial charge in [-0.2, -0.15) is 0 Å². The van der Waals surface area contributed by atoms with E-state index in [9.17, 15) is 9.59 Å². The molecular formula is C22H32N4O2S2. The van der Waals surface area contributed by atoms with Gasteiger partial charge in [-0.1, -0.05) is 25.0 Å². The average molecular weight is 449 g/mol. The van der Waals surface area contributed by atoms with E-state index in [0.29, 0.717) is 13.1 Å². The zero-order valence-corrected chi connectivity index (χ0v) is 19.0. The predicted molar refractivity (Wildman–Crippen MR) is 124 cm³/mol. The van der Waals surface area contributed by atoms with Gasteiger partial charge in [-0.3, -0.25) is 0 Å². The molecule has 4 N–H and O–H groups in total. The Hall–Kier alpha value is -2.06. The Kier molecular flexibility index (Phi) is 9.50. The Labute approximate surface area is 186 Å². The minimum Gasteiger partial charge on any atom is -0.338 e. The highest BCUT2D eigenvalue weighted by molar-refractivity contribution is 7.10. The summed E-state index contributed by atoms with van der Waals surface area (Å²) in [6, 6.07) is 8.02. The summed E-state index contributed by atoms with van der Waals surface area (Å²) in [5, 5.41) is 16.2. The Morgan fingerprint density at radius 1 is 0.800 bits per heavy atom. The van der Waals surface area contributed by atoms with Crippen molar-refractivity contribution in [1.82, 2.24) is 21.3 Å². The van der Waals surface area contributed by atoms with E-state index in [2.05, 4.69) is 56.3 Å². The van der Waals surface area contributed by atoms with E-state index in [1.165, 1.54) is 9.75 Å². The highest BCUT2D eigenvalue weighted by atomic mass is 32.1. The number of hydrogen-bond acceptors (Lipinski definition) is 4. The van der Waals surface area contributed by atoms with Gasteiger partial charge < -0.3 is 21.3 Å². The van der Waals surface area contributed by atoms with E-state index in [-0.39, 0.29) is 24.1 Å². The van der Waals surface area contributed by atoms with Crippen LogP contribution in [0, 0.1) is 0 Å². The number of carbonyl (C=O) groups excluding carboxylic acids is 2. The molecule has 4 amide bonds. The van der Waals surface area contributed by atoms with Crippen LogP contribution in [-0.2, 0) is 12.8 Å². The van der Waals surface area contributed by atoms with Crippen molar-refractivity contribution in [3.8, 4) is 0 Å². The van der Waals surface area contributed by atoms with Gasteiger partial charge in [-0.25, -0.2) is 9.59 Å². The maximum atomic E-state index is 12.3. The molecular weight excluding hydrogens is 416 g/mol. The number of amides is 4. The normalized spacial score (nSPS) is 18.5. The number of hydrogen-bond donors (Lipinski definition) is 4. The molecule has 0 radical (unpaired) electrons. The summed E-state index contributed by atoms with van der Waals surface area (Å²) in [5.74, 6) is 0. The van der Waals surface area contributed by atoms with E-state index in [1.54, 1.807) is 22.7 Å². The highest BCUT2D eigenvalue weighted by Crippen LogP contribution is 2.18. The largest absolute Gasteiger partial charge is 0.338 e. The quantitative estimate of drug-likeness (QED) is 0.409. The van der Waals surface area contributed by atoms with Crippen LogP contribution < -0.4 is 21.3 Å². The van der Waals surface area contributed by atoms with Crippen molar-refractivity contribution >= 4 is 34.7 Å². The fourth-order valence-electron chi connectivity index (χ4n) is 3.75. The molecule has 2 atom stereocenters. The van der Waals surface area contributed by atoms with Gasteiger partial charge in [0.25, 0.3) is 0 Å². The molecule has 164 valence electrons. The van der Waals surface area contributed by atoms with E-state index in [0.717, 1.165) is 51.4 Å². The standard InChI is InChI=1S/C22H32N4O2S2/c27-21(23-13-3-7-17-9-5-15-29-17)25-19-11-1-2-12-20(19)26-22(28)24-14-4-8-18-10-6-16-30-18/h5-6,9-10,15-16,19-20H,1-4,7-8,11-14H2,(H2,23,25,27)(H2,24,26,28)/t19-,20-/m1/s1. The minimum atomic E-state index is -0.142. The number of aryl methyl sites for hydroxylation is 2. The van der Waals surface area contributed by atoms with Crippen LogP contribution >= 0.6 is 22.7 Å². The van der Waals surface area contributed by atoms with Gasteiger partial charge in [0.2, 0.25) is 0 Å². The van der Waals surface area contributed by atoms with Crippen molar-refractivity contribution < 1.29 is 9.59 Å². The topological polar surface area (TPSA) is 82.3 Å². The van der Waals surface area contributed by atoms with Crippen LogP contribution in [0.25, 0.3) is 0 Å². The summed E-state index contributed by atoms with van der Waals surface area (Å²) in [5.41, 5.74) is 0. The van der Waals surface area contributed by atoms with Crippen LogP contribution in [0.1, 0.15) is 48.3 Å². The lowest BCUT2D eigenvalue weighted by molar-refractivity contribution is 0.213. The van der Waals surface area contributed by atoms with Crippen LogP contribution in [0.15, 0.2) is 35.0 Å². The van der Waals surface area contributed by atoms with Crippen LogP contribution in [0.2, 0.25) is 0 Å². The lowest BCUT2D eigenvalue weighted by atomic mass is 9.90. The summed E-state index contributed by atoms with van der Waals surface area (Å²) < 4.78 is 0. The zero-order valence-electron chi connectivity index (χ0n) is 17.3. The van der Waals surface area contributed by atoms with Crippen molar-refractivity contribution in [3.63, 3.8) is 0 Å². The summed E-state index contributed by atoms with van der Waals surface area (Å²) in [7, 11) is 0. The monoisotopic (exact) mass is 448 g/mol. The van der Waals surface area contributed by atoms with E-state index in [1.807, 2.05) is 0 Å².